The zero-order valence-electron chi connectivity index (χ0n) is 9.13. The Morgan fingerprint density at radius 2 is 1.77 bits per heavy atom. The number of primary amides is 1. The van der Waals surface area contributed by atoms with Gasteiger partial charge in [0.2, 0.25) is 5.91 Å². The summed E-state index contributed by atoms with van der Waals surface area (Å²) in [6, 6.07) is 0.132. The highest BCUT2D eigenvalue weighted by Crippen LogP contribution is 2.13. The average Bonchev–Trinajstić information content (AvgIpc) is 2.04. The van der Waals surface area contributed by atoms with Crippen LogP contribution in [-0.4, -0.2) is 18.0 Å². The molecular weight excluding hydrogens is 164 g/mol. The molecule has 0 bridgehead atoms. The minimum absolute atomic E-state index is 0.171. The minimum atomic E-state index is -0.234. The van der Waals surface area contributed by atoms with Gasteiger partial charge >= 0.3 is 0 Å². The van der Waals surface area contributed by atoms with Gasteiger partial charge in [-0.25, -0.2) is 0 Å². The van der Waals surface area contributed by atoms with Crippen LogP contribution < -0.4 is 11.1 Å². The highest BCUT2D eigenvalue weighted by molar-refractivity contribution is 5.80. The van der Waals surface area contributed by atoms with Crippen LogP contribution in [0.25, 0.3) is 0 Å². The second-order valence-electron chi connectivity index (χ2n) is 3.78. The highest BCUT2D eigenvalue weighted by Gasteiger charge is 2.23. The van der Waals surface area contributed by atoms with E-state index in [9.17, 15) is 4.79 Å². The molecule has 3 N–H and O–H groups in total. The van der Waals surface area contributed by atoms with E-state index in [1.165, 1.54) is 0 Å². The molecule has 1 atom stereocenters. The molecule has 78 valence electrons. The number of nitrogens with two attached hydrogens (primary N) is 1. The van der Waals surface area contributed by atoms with Gasteiger partial charge < -0.3 is 11.1 Å². The lowest BCUT2D eigenvalue weighted by Crippen LogP contribution is -2.49. The zero-order chi connectivity index (χ0) is 10.4. The molecule has 0 aliphatic rings. The van der Waals surface area contributed by atoms with Gasteiger partial charge in [0, 0.05) is 6.04 Å². The lowest BCUT2D eigenvalue weighted by atomic mass is 9.93. The Labute approximate surface area is 81.1 Å². The van der Waals surface area contributed by atoms with Gasteiger partial charge in [-0.15, -0.1) is 0 Å². The third-order valence-corrected chi connectivity index (χ3v) is 2.34. The van der Waals surface area contributed by atoms with Crippen LogP contribution in [0.5, 0.6) is 0 Å². The quantitative estimate of drug-likeness (QED) is 0.656. The van der Waals surface area contributed by atoms with Crippen molar-refractivity contribution in [3.8, 4) is 0 Å². The molecular formula is C10H22N2O. The molecule has 0 saturated carbocycles. The SMILES string of the molecule is CCC(CC)[C@H](NC(C)C)C(N)=O. The summed E-state index contributed by atoms with van der Waals surface area (Å²) in [5.41, 5.74) is 5.34. The van der Waals surface area contributed by atoms with Crippen LogP contribution in [0.1, 0.15) is 40.5 Å². The monoisotopic (exact) mass is 186 g/mol. The van der Waals surface area contributed by atoms with E-state index in [1.807, 2.05) is 13.8 Å². The first-order valence-corrected chi connectivity index (χ1v) is 5.08. The molecule has 13 heavy (non-hydrogen) atoms. The summed E-state index contributed by atoms with van der Waals surface area (Å²) in [6.45, 7) is 8.23. The summed E-state index contributed by atoms with van der Waals surface area (Å²) >= 11 is 0. The fourth-order valence-electron chi connectivity index (χ4n) is 1.57. The van der Waals surface area contributed by atoms with Crippen molar-refractivity contribution in [2.75, 3.05) is 0 Å². The minimum Gasteiger partial charge on any atom is -0.368 e. The Morgan fingerprint density at radius 1 is 1.31 bits per heavy atom. The summed E-state index contributed by atoms with van der Waals surface area (Å²) in [6.07, 6.45) is 1.98. The van der Waals surface area contributed by atoms with E-state index < -0.39 is 0 Å². The molecule has 0 fully saturated rings. The van der Waals surface area contributed by atoms with E-state index in [1.54, 1.807) is 0 Å². The van der Waals surface area contributed by atoms with Crippen molar-refractivity contribution in [2.24, 2.45) is 11.7 Å². The molecule has 0 radical (unpaired) electrons. The fraction of sp³-hybridized carbons (Fsp3) is 0.900. The van der Waals surface area contributed by atoms with Gasteiger partial charge in [0.1, 0.15) is 0 Å². The third kappa shape index (κ3) is 4.27. The average molecular weight is 186 g/mol. The van der Waals surface area contributed by atoms with Crippen molar-refractivity contribution in [3.05, 3.63) is 0 Å². The molecule has 0 spiro atoms. The van der Waals surface area contributed by atoms with E-state index in [0.29, 0.717) is 12.0 Å². The predicted molar refractivity (Wildman–Crippen MR) is 55.3 cm³/mol. The summed E-state index contributed by atoms with van der Waals surface area (Å²) < 4.78 is 0. The number of carbonyl (C=O) groups is 1. The largest absolute Gasteiger partial charge is 0.368 e. The van der Waals surface area contributed by atoms with Crippen LogP contribution >= 0.6 is 0 Å². The van der Waals surface area contributed by atoms with E-state index in [4.69, 9.17) is 5.73 Å². The van der Waals surface area contributed by atoms with Crippen LogP contribution in [0.3, 0.4) is 0 Å². The standard InChI is InChI=1S/C10H22N2O/c1-5-8(6-2)9(10(11)13)12-7(3)4/h7-9,12H,5-6H2,1-4H3,(H2,11,13)/t9-/m0/s1. The van der Waals surface area contributed by atoms with E-state index in [-0.39, 0.29) is 11.9 Å². The molecule has 0 aromatic carbocycles. The maximum atomic E-state index is 11.2. The van der Waals surface area contributed by atoms with Crippen molar-refractivity contribution in [1.82, 2.24) is 5.32 Å². The number of amides is 1. The van der Waals surface area contributed by atoms with Crippen LogP contribution in [-0.2, 0) is 4.79 Å². The highest BCUT2D eigenvalue weighted by atomic mass is 16.1. The molecule has 0 saturated heterocycles. The molecule has 0 rings (SSSR count). The van der Waals surface area contributed by atoms with Gasteiger partial charge in [-0.3, -0.25) is 4.79 Å². The third-order valence-electron chi connectivity index (χ3n) is 2.34. The van der Waals surface area contributed by atoms with Crippen molar-refractivity contribution >= 4 is 5.91 Å². The van der Waals surface area contributed by atoms with Gasteiger partial charge in [-0.2, -0.15) is 0 Å². The maximum absolute atomic E-state index is 11.2. The van der Waals surface area contributed by atoms with Crippen LogP contribution in [0, 0.1) is 5.92 Å². The fourth-order valence-corrected chi connectivity index (χ4v) is 1.57. The maximum Gasteiger partial charge on any atom is 0.234 e. The summed E-state index contributed by atoms with van der Waals surface area (Å²) in [5.74, 6) is 0.127. The normalized spacial score (nSPS) is 13.7. The molecule has 3 nitrogen and oxygen atoms in total. The molecule has 1 amide bonds. The topological polar surface area (TPSA) is 55.1 Å². The van der Waals surface area contributed by atoms with Gasteiger partial charge in [-0.1, -0.05) is 40.5 Å². The second kappa shape index (κ2) is 5.97. The molecule has 0 unspecified atom stereocenters. The first-order valence-electron chi connectivity index (χ1n) is 5.08. The Hall–Kier alpha value is -0.570. The number of rotatable bonds is 6. The van der Waals surface area contributed by atoms with Crippen molar-refractivity contribution in [2.45, 2.75) is 52.6 Å². The Morgan fingerprint density at radius 3 is 2.00 bits per heavy atom. The van der Waals surface area contributed by atoms with E-state index in [0.717, 1.165) is 12.8 Å². The Kier molecular flexibility index (Phi) is 5.71. The summed E-state index contributed by atoms with van der Waals surface area (Å²) in [5, 5.41) is 3.21. The zero-order valence-corrected chi connectivity index (χ0v) is 9.13. The van der Waals surface area contributed by atoms with E-state index >= 15 is 0 Å². The molecule has 0 aliphatic heterocycles. The number of carbonyl (C=O) groups excluding carboxylic acids is 1. The van der Waals surface area contributed by atoms with Crippen molar-refractivity contribution in [1.29, 1.82) is 0 Å². The number of hydrogen-bond donors (Lipinski definition) is 2. The molecule has 0 aromatic heterocycles. The van der Waals surface area contributed by atoms with Crippen molar-refractivity contribution < 1.29 is 4.79 Å². The molecule has 0 aliphatic carbocycles. The van der Waals surface area contributed by atoms with Gasteiger partial charge in [0.25, 0.3) is 0 Å². The predicted octanol–water partition coefficient (Wildman–Crippen LogP) is 1.27. The molecule has 0 heterocycles. The van der Waals surface area contributed by atoms with Gasteiger partial charge in [0.05, 0.1) is 6.04 Å². The van der Waals surface area contributed by atoms with Crippen LogP contribution in [0.2, 0.25) is 0 Å². The molecule has 3 heteroatoms. The smallest absolute Gasteiger partial charge is 0.234 e. The lowest BCUT2D eigenvalue weighted by molar-refractivity contribution is -0.121. The summed E-state index contributed by atoms with van der Waals surface area (Å²) in [4.78, 5) is 11.2. The van der Waals surface area contributed by atoms with Crippen LogP contribution in [0.4, 0.5) is 0 Å². The second-order valence-corrected chi connectivity index (χ2v) is 3.78. The molecule has 0 aromatic rings. The van der Waals surface area contributed by atoms with Crippen molar-refractivity contribution in [3.63, 3.8) is 0 Å². The Bertz CT molecular complexity index is 153. The van der Waals surface area contributed by atoms with E-state index in [2.05, 4.69) is 19.2 Å². The Balaban J connectivity index is 4.30. The lowest BCUT2D eigenvalue weighted by Gasteiger charge is -2.25. The van der Waals surface area contributed by atoms with Gasteiger partial charge in [0.15, 0.2) is 0 Å². The van der Waals surface area contributed by atoms with Gasteiger partial charge in [-0.05, 0) is 5.92 Å². The summed E-state index contributed by atoms with van der Waals surface area (Å²) in [7, 11) is 0. The first kappa shape index (κ1) is 12.4. The first-order chi connectivity index (χ1) is 6.02. The number of nitrogens with one attached hydrogen (secondary N) is 1. The number of hydrogen-bond acceptors (Lipinski definition) is 2. The van der Waals surface area contributed by atoms with Crippen LogP contribution in [0.15, 0.2) is 0 Å².